The second kappa shape index (κ2) is 24.1. The third-order valence-electron chi connectivity index (χ3n) is 7.87. The maximum absolute atomic E-state index is 14.4. The van der Waals surface area contributed by atoms with E-state index in [0.717, 1.165) is 9.80 Å². The first-order valence-electron chi connectivity index (χ1n) is 16.3. The second-order valence-electron chi connectivity index (χ2n) is 12.0. The van der Waals surface area contributed by atoms with Gasteiger partial charge in [-0.2, -0.15) is 0 Å². The number of amides is 6. The average Bonchev–Trinajstić information content (AvgIpc) is 3.14. The molecule has 0 spiro atoms. The molecule has 0 radical (unpaired) electrons. The molecule has 316 valence electrons. The second-order valence-corrected chi connectivity index (χ2v) is 18.5. The zero-order valence-corrected chi connectivity index (χ0v) is 42.5. The van der Waals surface area contributed by atoms with E-state index in [1.54, 1.807) is 142 Å². The van der Waals surface area contributed by atoms with Crippen molar-refractivity contribution in [3.05, 3.63) is 43.7 Å². The average molecular weight is 1480 g/mol. The highest BCUT2D eigenvalue weighted by atomic mass is 127. The summed E-state index contributed by atoms with van der Waals surface area (Å²) in [5.41, 5.74) is 10.5. The summed E-state index contributed by atoms with van der Waals surface area (Å²) >= 11 is 10.3. The summed E-state index contributed by atoms with van der Waals surface area (Å²) in [4.78, 5) is 83.1. The van der Waals surface area contributed by atoms with E-state index in [9.17, 15) is 64.5 Å². The molecular weight excluding hydrogens is 1440 g/mol. The maximum atomic E-state index is 14.4. The number of nitrogens with two attached hydrogens (primary N) is 2. The van der Waals surface area contributed by atoms with Gasteiger partial charge in [0, 0.05) is 20.2 Å². The Morgan fingerprint density at radius 1 is 0.544 bits per heavy atom. The van der Waals surface area contributed by atoms with E-state index in [1.807, 2.05) is 0 Å². The number of aliphatic hydroxyl groups excluding tert-OH is 7. The van der Waals surface area contributed by atoms with E-state index in [4.69, 9.17) is 11.5 Å². The molecule has 0 fully saturated rings. The van der Waals surface area contributed by atoms with E-state index in [-0.39, 0.29) is 61.6 Å². The molecule has 0 saturated heterocycles. The number of benzene rings is 2. The fourth-order valence-corrected chi connectivity index (χ4v) is 14.4. The van der Waals surface area contributed by atoms with Crippen molar-refractivity contribution in [1.82, 2.24) is 10.6 Å². The monoisotopic (exact) mass is 1480 g/mol. The third-order valence-corrected chi connectivity index (χ3v) is 14.2. The predicted octanol–water partition coefficient (Wildman–Crippen LogP) is -0.442. The molecule has 4 atom stereocenters. The Bertz CT molecular complexity index is 1760. The molecule has 0 aliphatic carbocycles. The van der Waals surface area contributed by atoms with Gasteiger partial charge < -0.3 is 67.6 Å². The summed E-state index contributed by atoms with van der Waals surface area (Å²) in [6.07, 6.45) is -6.23. The van der Waals surface area contributed by atoms with Gasteiger partial charge >= 0.3 is 0 Å². The van der Waals surface area contributed by atoms with Gasteiger partial charge in [0.15, 0.2) is 0 Å². The van der Waals surface area contributed by atoms with Crippen LogP contribution in [0.25, 0.3) is 0 Å². The number of aliphatic hydroxyl groups is 7. The number of carbonyl (C=O) groups excluding carboxylic acids is 6. The normalized spacial score (nSPS) is 13.3. The maximum Gasteiger partial charge on any atom is 0.253 e. The Kier molecular flexibility index (Phi) is 22.2. The number of anilines is 2. The molecule has 19 nitrogen and oxygen atoms in total. The summed E-state index contributed by atoms with van der Waals surface area (Å²) in [5.74, 6) is -5.72. The zero-order chi connectivity index (χ0) is 43.6. The van der Waals surface area contributed by atoms with Crippen LogP contribution in [0.2, 0.25) is 0 Å². The Morgan fingerprint density at radius 2 is 0.860 bits per heavy atom. The fraction of sp³-hybridized carbons (Fsp3) is 0.438. The van der Waals surface area contributed by atoms with E-state index in [0.29, 0.717) is 6.42 Å². The molecule has 25 heteroatoms. The summed E-state index contributed by atoms with van der Waals surface area (Å²) in [6.45, 7) is -2.62. The summed E-state index contributed by atoms with van der Waals surface area (Å²) in [6, 6.07) is 0. The molecule has 0 aliphatic rings. The van der Waals surface area contributed by atoms with Gasteiger partial charge in [-0.3, -0.25) is 28.8 Å². The molecule has 0 aliphatic heterocycles. The number of rotatable bonds is 20. The van der Waals surface area contributed by atoms with Crippen molar-refractivity contribution in [1.29, 1.82) is 0 Å². The van der Waals surface area contributed by atoms with E-state index >= 15 is 0 Å². The van der Waals surface area contributed by atoms with Gasteiger partial charge in [0.1, 0.15) is 6.42 Å². The van der Waals surface area contributed by atoms with Crippen LogP contribution < -0.4 is 31.9 Å². The first-order chi connectivity index (χ1) is 26.6. The van der Waals surface area contributed by atoms with Crippen LogP contribution in [-0.4, -0.2) is 142 Å². The van der Waals surface area contributed by atoms with Crippen molar-refractivity contribution in [2.24, 2.45) is 11.5 Å². The zero-order valence-electron chi connectivity index (χ0n) is 29.6. The molecule has 57 heavy (non-hydrogen) atoms. The number of hydrogen-bond acceptors (Lipinski definition) is 13. The number of nitrogens with zero attached hydrogens (tertiary/aromatic N) is 2. The Morgan fingerprint density at radius 3 is 1.16 bits per heavy atom. The number of halogens is 6. The number of hydrogen-bond donors (Lipinski definition) is 11. The van der Waals surface area contributed by atoms with Gasteiger partial charge in [0.2, 0.25) is 11.8 Å². The van der Waals surface area contributed by atoms with E-state index < -0.39 is 106 Å². The highest BCUT2D eigenvalue weighted by Gasteiger charge is 2.36. The van der Waals surface area contributed by atoms with Gasteiger partial charge in [0.05, 0.1) is 105 Å². The summed E-state index contributed by atoms with van der Waals surface area (Å²) in [7, 11) is 0. The minimum atomic E-state index is -1.63. The smallest absolute Gasteiger partial charge is 0.253 e. The molecule has 13 N–H and O–H groups in total. The first-order valence-corrected chi connectivity index (χ1v) is 22.8. The molecule has 6 amide bonds. The molecule has 4 unspecified atom stereocenters. The largest absolute Gasteiger partial charge is 0.394 e. The predicted molar refractivity (Wildman–Crippen MR) is 256 cm³/mol. The van der Waals surface area contributed by atoms with Crippen LogP contribution in [0.5, 0.6) is 0 Å². The topological polar surface area (TPSA) is 327 Å². The van der Waals surface area contributed by atoms with Crippen LogP contribution in [0.1, 0.15) is 61.2 Å². The molecule has 2 aromatic carbocycles. The van der Waals surface area contributed by atoms with Crippen LogP contribution in [-0.2, 0) is 9.59 Å². The van der Waals surface area contributed by atoms with Gasteiger partial charge in [0.25, 0.3) is 23.6 Å². The highest BCUT2D eigenvalue weighted by Crippen LogP contribution is 2.40. The Balaban J connectivity index is 2.90. The van der Waals surface area contributed by atoms with Crippen LogP contribution in [0.4, 0.5) is 11.4 Å². The molecule has 0 bridgehead atoms. The van der Waals surface area contributed by atoms with Gasteiger partial charge in [-0.1, -0.05) is 6.92 Å². The van der Waals surface area contributed by atoms with Crippen molar-refractivity contribution in [3.63, 3.8) is 0 Å². The lowest BCUT2D eigenvalue weighted by atomic mass is 10.1. The Hall–Kier alpha value is -0.640. The van der Waals surface area contributed by atoms with Crippen molar-refractivity contribution < 1.29 is 64.5 Å². The molecular formula is C32H38I6N6O13. The lowest BCUT2D eigenvalue weighted by Crippen LogP contribution is -2.46. The van der Waals surface area contributed by atoms with Crippen molar-refractivity contribution in [3.8, 4) is 0 Å². The molecule has 2 aromatic rings. The standard InChI is InChI=1S/C32H38I6N6O13/c1-2-11(48)4-41-31(56)19-21(33)17(29(39)54)23(35)27(25(19)37)43(6-13(50)9-46)15(52)3-16(53)44(7-14(51)10-47)28-24(36)18(30(40)55)22(34)20(26(28)38)32(57)42-5-12(49)8-45/h11-14,45-51H,2-10H2,1H3,(H2,39,54)(H2,40,55)(H,41,56)(H,42,57). The van der Waals surface area contributed by atoms with Crippen LogP contribution in [0.15, 0.2) is 0 Å². The van der Waals surface area contributed by atoms with Crippen LogP contribution in [0, 0.1) is 21.4 Å². The minimum absolute atomic E-state index is 0.0241. The lowest BCUT2D eigenvalue weighted by molar-refractivity contribution is -0.127. The third kappa shape index (κ3) is 13.2. The Labute approximate surface area is 407 Å². The highest BCUT2D eigenvalue weighted by molar-refractivity contribution is 14.1. The molecule has 0 heterocycles. The molecule has 0 aromatic heterocycles. The van der Waals surface area contributed by atoms with Crippen LogP contribution >= 0.6 is 136 Å². The first kappa shape index (κ1) is 52.5. The van der Waals surface area contributed by atoms with Gasteiger partial charge in [-0.25, -0.2) is 0 Å². The quantitative estimate of drug-likeness (QED) is 0.0593. The van der Waals surface area contributed by atoms with E-state index in [2.05, 4.69) is 10.6 Å². The van der Waals surface area contributed by atoms with E-state index in [1.165, 1.54) is 0 Å². The minimum Gasteiger partial charge on any atom is -0.394 e. The number of carbonyl (C=O) groups is 6. The summed E-state index contributed by atoms with van der Waals surface area (Å²) in [5, 5.41) is 74.9. The number of primary amides is 2. The lowest BCUT2D eigenvalue weighted by Gasteiger charge is -2.32. The van der Waals surface area contributed by atoms with Gasteiger partial charge in [-0.05, 0) is 142 Å². The fourth-order valence-electron chi connectivity index (χ4n) is 4.91. The van der Waals surface area contributed by atoms with Gasteiger partial charge in [-0.15, -0.1) is 0 Å². The van der Waals surface area contributed by atoms with Crippen LogP contribution in [0.3, 0.4) is 0 Å². The molecule has 0 saturated carbocycles. The van der Waals surface area contributed by atoms with Crippen molar-refractivity contribution in [2.75, 3.05) is 55.8 Å². The van der Waals surface area contributed by atoms with Crippen molar-refractivity contribution in [2.45, 2.75) is 44.2 Å². The molecule has 2 rings (SSSR count). The number of nitrogens with one attached hydrogen (secondary N) is 2. The van der Waals surface area contributed by atoms with Crippen molar-refractivity contribution >= 4 is 182 Å². The summed E-state index contributed by atoms with van der Waals surface area (Å²) < 4.78 is 0.334. The SMILES string of the molecule is CCC(O)CNC(=O)c1c(I)c(C(N)=O)c(I)c(N(CC(O)CO)C(=O)CC(=O)N(CC(O)CO)c2c(I)c(C(N)=O)c(I)c(C(=O)NCC(O)CO)c2I)c1I.